The van der Waals surface area contributed by atoms with Crippen molar-refractivity contribution in [2.75, 3.05) is 18.4 Å². The van der Waals surface area contributed by atoms with E-state index >= 15 is 0 Å². The lowest BCUT2D eigenvalue weighted by Gasteiger charge is -2.31. The van der Waals surface area contributed by atoms with Gasteiger partial charge in [0.2, 0.25) is 5.91 Å². The summed E-state index contributed by atoms with van der Waals surface area (Å²) in [5, 5.41) is 5.52. The Bertz CT molecular complexity index is 540. The molecule has 114 valence electrons. The van der Waals surface area contributed by atoms with Gasteiger partial charge in [-0.3, -0.25) is 4.79 Å². The summed E-state index contributed by atoms with van der Waals surface area (Å²) >= 11 is 0. The van der Waals surface area contributed by atoms with Crippen molar-refractivity contribution in [1.82, 2.24) is 10.2 Å². The van der Waals surface area contributed by atoms with Gasteiger partial charge in [0.25, 0.3) is 0 Å². The van der Waals surface area contributed by atoms with E-state index in [-0.39, 0.29) is 23.8 Å². The third kappa shape index (κ3) is 4.18. The molecule has 0 radical (unpaired) electrons. The van der Waals surface area contributed by atoms with Crippen molar-refractivity contribution in [2.45, 2.75) is 32.7 Å². The number of nitrogens with one attached hydrogen (secondary N) is 2. The van der Waals surface area contributed by atoms with Crippen molar-refractivity contribution in [1.29, 1.82) is 0 Å². The Morgan fingerprint density at radius 1 is 1.29 bits per heavy atom. The lowest BCUT2D eigenvalue weighted by Crippen LogP contribution is -2.47. The van der Waals surface area contributed by atoms with Crippen LogP contribution in [0.4, 0.5) is 14.9 Å². The Balaban J connectivity index is 1.85. The van der Waals surface area contributed by atoms with E-state index in [1.165, 1.54) is 12.1 Å². The Labute approximate surface area is 123 Å². The Kier molecular flexibility index (Phi) is 4.77. The summed E-state index contributed by atoms with van der Waals surface area (Å²) in [6.45, 7) is 4.66. The van der Waals surface area contributed by atoms with Gasteiger partial charge in [-0.2, -0.15) is 0 Å². The first-order chi connectivity index (χ1) is 9.95. The third-order valence-corrected chi connectivity index (χ3v) is 3.72. The molecule has 3 amide bonds. The number of likely N-dealkylation sites (tertiary alicyclic amines) is 1. The maximum absolute atomic E-state index is 13.2. The number of aryl methyl sites for hydroxylation is 1. The number of halogens is 1. The summed E-state index contributed by atoms with van der Waals surface area (Å²) in [5.74, 6) is -0.320. The van der Waals surface area contributed by atoms with Gasteiger partial charge in [0.05, 0.1) is 0 Å². The molecule has 0 atom stereocenters. The van der Waals surface area contributed by atoms with Gasteiger partial charge in [0.15, 0.2) is 0 Å². The van der Waals surface area contributed by atoms with Crippen molar-refractivity contribution in [2.24, 2.45) is 0 Å². The number of hydrogen-bond donors (Lipinski definition) is 2. The molecular weight excluding hydrogens is 273 g/mol. The summed E-state index contributed by atoms with van der Waals surface area (Å²) in [7, 11) is 0. The number of benzene rings is 1. The molecule has 1 aliphatic rings. The van der Waals surface area contributed by atoms with Gasteiger partial charge < -0.3 is 15.5 Å². The maximum Gasteiger partial charge on any atom is 0.319 e. The molecule has 0 saturated carbocycles. The number of nitrogens with zero attached hydrogens (tertiary/aromatic N) is 1. The van der Waals surface area contributed by atoms with Gasteiger partial charge in [-0.15, -0.1) is 0 Å². The first-order valence-electron chi connectivity index (χ1n) is 7.05. The summed E-state index contributed by atoms with van der Waals surface area (Å²) in [6, 6.07) is 3.97. The number of rotatable bonds is 2. The van der Waals surface area contributed by atoms with Crippen LogP contribution in [0.5, 0.6) is 0 Å². The smallest absolute Gasteiger partial charge is 0.319 e. The normalized spacial score (nSPS) is 15.7. The van der Waals surface area contributed by atoms with Crippen LogP contribution >= 0.6 is 0 Å². The van der Waals surface area contributed by atoms with Crippen LogP contribution in [0, 0.1) is 12.7 Å². The number of hydrogen-bond acceptors (Lipinski definition) is 2. The largest absolute Gasteiger partial charge is 0.343 e. The summed E-state index contributed by atoms with van der Waals surface area (Å²) in [6.07, 6.45) is 1.46. The van der Waals surface area contributed by atoms with Gasteiger partial charge in [-0.05, 0) is 37.5 Å². The number of piperidine rings is 1. The van der Waals surface area contributed by atoms with E-state index in [0.29, 0.717) is 18.8 Å². The molecule has 1 aromatic rings. The Hall–Kier alpha value is -2.11. The zero-order valence-electron chi connectivity index (χ0n) is 12.3. The van der Waals surface area contributed by atoms with Crippen molar-refractivity contribution in [3.8, 4) is 0 Å². The molecule has 6 heteroatoms. The average molecular weight is 293 g/mol. The molecule has 1 saturated heterocycles. The lowest BCUT2D eigenvalue weighted by atomic mass is 10.1. The zero-order chi connectivity index (χ0) is 15.4. The lowest BCUT2D eigenvalue weighted by molar-refractivity contribution is -0.129. The van der Waals surface area contributed by atoms with E-state index in [1.807, 2.05) is 0 Å². The fraction of sp³-hybridized carbons (Fsp3) is 0.467. The molecule has 1 aromatic carbocycles. The molecule has 0 spiro atoms. The first kappa shape index (κ1) is 15.3. The molecule has 0 aliphatic carbocycles. The number of urea groups is 1. The molecule has 2 N–H and O–H groups in total. The second-order valence-electron chi connectivity index (χ2n) is 5.34. The highest BCUT2D eigenvalue weighted by atomic mass is 19.1. The highest BCUT2D eigenvalue weighted by molar-refractivity contribution is 5.90. The Morgan fingerprint density at radius 2 is 1.95 bits per heavy atom. The van der Waals surface area contributed by atoms with Crippen LogP contribution in [-0.4, -0.2) is 36.0 Å². The van der Waals surface area contributed by atoms with Crippen LogP contribution in [0.15, 0.2) is 18.2 Å². The van der Waals surface area contributed by atoms with Crippen molar-refractivity contribution in [3.05, 3.63) is 29.6 Å². The predicted octanol–water partition coefficient (Wildman–Crippen LogP) is 2.27. The Morgan fingerprint density at radius 3 is 2.57 bits per heavy atom. The maximum atomic E-state index is 13.2. The van der Waals surface area contributed by atoms with Crippen molar-refractivity contribution < 1.29 is 14.0 Å². The average Bonchev–Trinajstić information content (AvgIpc) is 2.43. The van der Waals surface area contributed by atoms with Crippen LogP contribution in [0.3, 0.4) is 0 Å². The molecule has 21 heavy (non-hydrogen) atoms. The zero-order valence-corrected chi connectivity index (χ0v) is 12.3. The van der Waals surface area contributed by atoms with E-state index in [1.54, 1.807) is 24.8 Å². The minimum absolute atomic E-state index is 0.0365. The molecular formula is C15H20FN3O2. The van der Waals surface area contributed by atoms with Crippen molar-refractivity contribution in [3.63, 3.8) is 0 Å². The SMILES string of the molecule is CC(=O)N1CCC(NC(=O)Nc2cc(F)ccc2C)CC1. The van der Waals surface area contributed by atoms with Crippen LogP contribution in [0.25, 0.3) is 0 Å². The highest BCUT2D eigenvalue weighted by Gasteiger charge is 2.22. The van der Waals surface area contributed by atoms with E-state index in [4.69, 9.17) is 0 Å². The summed E-state index contributed by atoms with van der Waals surface area (Å²) < 4.78 is 13.2. The number of amides is 3. The number of anilines is 1. The van der Waals surface area contributed by atoms with Crippen LogP contribution in [-0.2, 0) is 4.79 Å². The monoisotopic (exact) mass is 293 g/mol. The van der Waals surface area contributed by atoms with Gasteiger partial charge in [0.1, 0.15) is 5.82 Å². The quantitative estimate of drug-likeness (QED) is 0.878. The predicted molar refractivity (Wildman–Crippen MR) is 78.6 cm³/mol. The number of carbonyl (C=O) groups excluding carboxylic acids is 2. The van der Waals surface area contributed by atoms with E-state index in [0.717, 1.165) is 18.4 Å². The van der Waals surface area contributed by atoms with Gasteiger partial charge in [-0.25, -0.2) is 9.18 Å². The van der Waals surface area contributed by atoms with Crippen LogP contribution in [0.2, 0.25) is 0 Å². The second kappa shape index (κ2) is 6.56. The van der Waals surface area contributed by atoms with Crippen molar-refractivity contribution >= 4 is 17.6 Å². The molecule has 1 aliphatic heterocycles. The molecule has 0 bridgehead atoms. The van der Waals surface area contributed by atoms with E-state index in [2.05, 4.69) is 10.6 Å². The molecule has 1 fully saturated rings. The first-order valence-corrected chi connectivity index (χ1v) is 7.05. The van der Waals surface area contributed by atoms with Gasteiger partial charge in [0, 0.05) is 31.7 Å². The fourth-order valence-electron chi connectivity index (χ4n) is 2.41. The molecule has 2 rings (SSSR count). The molecule has 5 nitrogen and oxygen atoms in total. The highest BCUT2D eigenvalue weighted by Crippen LogP contribution is 2.16. The fourth-order valence-corrected chi connectivity index (χ4v) is 2.41. The second-order valence-corrected chi connectivity index (χ2v) is 5.34. The molecule has 0 unspecified atom stereocenters. The van der Waals surface area contributed by atoms with Gasteiger partial charge >= 0.3 is 6.03 Å². The van der Waals surface area contributed by atoms with E-state index < -0.39 is 0 Å². The number of carbonyl (C=O) groups is 2. The summed E-state index contributed by atoms with van der Waals surface area (Å²) in [5.41, 5.74) is 1.27. The van der Waals surface area contributed by atoms with Crippen LogP contribution in [0.1, 0.15) is 25.3 Å². The topological polar surface area (TPSA) is 61.4 Å². The third-order valence-electron chi connectivity index (χ3n) is 3.72. The van der Waals surface area contributed by atoms with E-state index in [9.17, 15) is 14.0 Å². The minimum atomic E-state index is -0.384. The van der Waals surface area contributed by atoms with Gasteiger partial charge in [-0.1, -0.05) is 6.07 Å². The molecule has 1 heterocycles. The standard InChI is InChI=1S/C15H20FN3O2/c1-10-3-4-12(16)9-14(10)18-15(21)17-13-5-7-19(8-6-13)11(2)20/h3-4,9,13H,5-8H2,1-2H3,(H2,17,18,21). The summed E-state index contributed by atoms with van der Waals surface area (Å²) in [4.78, 5) is 24.9. The minimum Gasteiger partial charge on any atom is -0.343 e. The van der Waals surface area contributed by atoms with Crippen LogP contribution < -0.4 is 10.6 Å². The molecule has 0 aromatic heterocycles.